The lowest BCUT2D eigenvalue weighted by atomic mass is 9.98. The van der Waals surface area contributed by atoms with E-state index in [0.29, 0.717) is 39.6 Å². The molecule has 0 bridgehead atoms. The standard InChI is InChI=1S/C24H29ClN2O5S/c1-15-13-16(2)22(17(3)14-15)33(30,31)27-11-9-19(10-12-27)24(29)32-18(4)23(28)26-21-8-6-5-7-20(21)25/h5-8,13-14,18-19H,9-12H2,1-4H3,(H,26,28). The van der Waals surface area contributed by atoms with Gasteiger partial charge in [0.1, 0.15) is 0 Å². The molecule has 1 aliphatic heterocycles. The Kier molecular flexibility index (Phi) is 7.82. The smallest absolute Gasteiger partial charge is 0.309 e. The van der Waals surface area contributed by atoms with Crippen molar-refractivity contribution in [3.05, 3.63) is 58.1 Å². The maximum atomic E-state index is 13.2. The van der Waals surface area contributed by atoms with Crippen LogP contribution in [0.25, 0.3) is 0 Å². The van der Waals surface area contributed by atoms with Crippen molar-refractivity contribution >= 4 is 39.2 Å². The van der Waals surface area contributed by atoms with Crippen LogP contribution in [-0.4, -0.2) is 43.8 Å². The van der Waals surface area contributed by atoms with Crippen LogP contribution in [0.15, 0.2) is 41.3 Å². The van der Waals surface area contributed by atoms with Crippen molar-refractivity contribution < 1.29 is 22.7 Å². The Hall–Kier alpha value is -2.42. The number of piperidine rings is 1. The number of esters is 1. The predicted octanol–water partition coefficient (Wildman–Crippen LogP) is 4.24. The monoisotopic (exact) mass is 492 g/mol. The first-order chi connectivity index (χ1) is 15.5. The highest BCUT2D eigenvalue weighted by Gasteiger charge is 2.35. The lowest BCUT2D eigenvalue weighted by molar-refractivity contribution is -0.158. The van der Waals surface area contributed by atoms with E-state index in [-0.39, 0.29) is 13.1 Å². The largest absolute Gasteiger partial charge is 0.452 e. The molecular formula is C24H29ClN2O5S. The fourth-order valence-corrected chi connectivity index (χ4v) is 6.22. The van der Waals surface area contributed by atoms with Gasteiger partial charge in [-0.05, 0) is 63.8 Å². The minimum absolute atomic E-state index is 0.217. The second-order valence-electron chi connectivity index (χ2n) is 8.45. The van der Waals surface area contributed by atoms with Crippen LogP contribution in [-0.2, 0) is 24.3 Å². The third-order valence-corrected chi connectivity index (χ3v) is 8.32. The number of hydrogen-bond acceptors (Lipinski definition) is 5. The quantitative estimate of drug-likeness (QED) is 0.609. The summed E-state index contributed by atoms with van der Waals surface area (Å²) in [5.41, 5.74) is 2.88. The lowest BCUT2D eigenvalue weighted by Gasteiger charge is -2.31. The van der Waals surface area contributed by atoms with E-state index in [9.17, 15) is 18.0 Å². The van der Waals surface area contributed by atoms with Crippen molar-refractivity contribution in [1.82, 2.24) is 4.31 Å². The third-order valence-electron chi connectivity index (χ3n) is 5.78. The molecule has 9 heteroatoms. The van der Waals surface area contributed by atoms with Crippen LogP contribution in [0.2, 0.25) is 5.02 Å². The van der Waals surface area contributed by atoms with E-state index in [1.165, 1.54) is 11.2 Å². The van der Waals surface area contributed by atoms with Crippen LogP contribution in [0.1, 0.15) is 36.5 Å². The highest BCUT2D eigenvalue weighted by molar-refractivity contribution is 7.89. The maximum Gasteiger partial charge on any atom is 0.309 e. The molecular weight excluding hydrogens is 464 g/mol. The molecule has 0 aromatic heterocycles. The number of aryl methyl sites for hydroxylation is 3. The first-order valence-electron chi connectivity index (χ1n) is 10.8. The Balaban J connectivity index is 1.59. The predicted molar refractivity (Wildman–Crippen MR) is 128 cm³/mol. The van der Waals surface area contributed by atoms with E-state index >= 15 is 0 Å². The molecule has 2 aromatic rings. The molecule has 0 saturated carbocycles. The first kappa shape index (κ1) is 25.2. The van der Waals surface area contributed by atoms with E-state index in [4.69, 9.17) is 16.3 Å². The number of sulfonamides is 1. The summed E-state index contributed by atoms with van der Waals surface area (Å²) >= 11 is 6.05. The van der Waals surface area contributed by atoms with Gasteiger partial charge in [-0.15, -0.1) is 0 Å². The average Bonchev–Trinajstić information content (AvgIpc) is 2.74. The number of rotatable bonds is 6. The van der Waals surface area contributed by atoms with Gasteiger partial charge in [0.15, 0.2) is 6.10 Å². The molecule has 1 unspecified atom stereocenters. The van der Waals surface area contributed by atoms with Crippen LogP contribution in [0.3, 0.4) is 0 Å². The fraction of sp³-hybridized carbons (Fsp3) is 0.417. The van der Waals surface area contributed by atoms with Crippen molar-refractivity contribution in [3.63, 3.8) is 0 Å². The van der Waals surface area contributed by atoms with Gasteiger partial charge >= 0.3 is 5.97 Å². The summed E-state index contributed by atoms with van der Waals surface area (Å²) in [6, 6.07) is 10.5. The molecule has 178 valence electrons. The molecule has 33 heavy (non-hydrogen) atoms. The molecule has 0 spiro atoms. The highest BCUT2D eigenvalue weighted by atomic mass is 35.5. The number of para-hydroxylation sites is 1. The minimum Gasteiger partial charge on any atom is -0.452 e. The molecule has 0 aliphatic carbocycles. The average molecular weight is 493 g/mol. The zero-order chi connectivity index (χ0) is 24.3. The van der Waals surface area contributed by atoms with Crippen LogP contribution in [0.4, 0.5) is 5.69 Å². The Morgan fingerprint density at radius 3 is 2.24 bits per heavy atom. The Bertz CT molecular complexity index is 1130. The zero-order valence-electron chi connectivity index (χ0n) is 19.2. The minimum atomic E-state index is -3.66. The maximum absolute atomic E-state index is 13.2. The van der Waals surface area contributed by atoms with E-state index in [1.807, 2.05) is 19.1 Å². The molecule has 1 atom stereocenters. The zero-order valence-corrected chi connectivity index (χ0v) is 20.8. The van der Waals surface area contributed by atoms with Gasteiger partial charge in [0.25, 0.3) is 5.91 Å². The van der Waals surface area contributed by atoms with Crippen molar-refractivity contribution in [2.45, 2.75) is 51.5 Å². The second-order valence-corrected chi connectivity index (χ2v) is 10.7. The van der Waals surface area contributed by atoms with Crippen molar-refractivity contribution in [2.24, 2.45) is 5.92 Å². The number of nitrogens with one attached hydrogen (secondary N) is 1. The van der Waals surface area contributed by atoms with Gasteiger partial charge in [-0.3, -0.25) is 9.59 Å². The van der Waals surface area contributed by atoms with Crippen LogP contribution in [0.5, 0.6) is 0 Å². The van der Waals surface area contributed by atoms with Crippen LogP contribution < -0.4 is 5.32 Å². The molecule has 1 saturated heterocycles. The molecule has 7 nitrogen and oxygen atoms in total. The van der Waals surface area contributed by atoms with Gasteiger partial charge in [0.05, 0.1) is 21.5 Å². The number of benzene rings is 2. The third kappa shape index (κ3) is 5.75. The van der Waals surface area contributed by atoms with E-state index in [2.05, 4.69) is 5.32 Å². The van der Waals surface area contributed by atoms with Gasteiger partial charge in [-0.2, -0.15) is 4.31 Å². The fourth-order valence-electron chi connectivity index (χ4n) is 4.16. The number of nitrogens with zero attached hydrogens (tertiary/aromatic N) is 1. The Morgan fingerprint density at radius 2 is 1.67 bits per heavy atom. The molecule has 1 amide bonds. The number of carbonyl (C=O) groups is 2. The summed E-state index contributed by atoms with van der Waals surface area (Å²) in [5.74, 6) is -1.45. The van der Waals surface area contributed by atoms with Crippen LogP contribution >= 0.6 is 11.6 Å². The van der Waals surface area contributed by atoms with Crippen molar-refractivity contribution in [3.8, 4) is 0 Å². The normalized spacial score (nSPS) is 16.3. The highest BCUT2D eigenvalue weighted by Crippen LogP contribution is 2.29. The first-order valence-corrected chi connectivity index (χ1v) is 12.7. The van der Waals surface area contributed by atoms with Crippen molar-refractivity contribution in [1.29, 1.82) is 0 Å². The Morgan fingerprint density at radius 1 is 1.09 bits per heavy atom. The van der Waals surface area contributed by atoms with Crippen molar-refractivity contribution in [2.75, 3.05) is 18.4 Å². The van der Waals surface area contributed by atoms with E-state index in [0.717, 1.165) is 5.56 Å². The molecule has 3 rings (SSSR count). The summed E-state index contributed by atoms with van der Waals surface area (Å²) in [4.78, 5) is 25.3. The number of halogens is 1. The molecule has 1 aliphatic rings. The van der Waals surface area contributed by atoms with Gasteiger partial charge < -0.3 is 10.1 Å². The topological polar surface area (TPSA) is 92.8 Å². The van der Waals surface area contributed by atoms with Crippen LogP contribution in [0, 0.1) is 26.7 Å². The second kappa shape index (κ2) is 10.2. The summed E-state index contributed by atoms with van der Waals surface area (Å²) < 4.78 is 33.2. The van der Waals surface area contributed by atoms with E-state index in [1.54, 1.807) is 38.1 Å². The Labute approximate surface area is 200 Å². The number of amides is 1. The number of ether oxygens (including phenoxy) is 1. The number of carbonyl (C=O) groups excluding carboxylic acids is 2. The molecule has 1 fully saturated rings. The van der Waals surface area contributed by atoms with E-state index < -0.39 is 33.9 Å². The summed E-state index contributed by atoms with van der Waals surface area (Å²) in [7, 11) is -3.66. The van der Waals surface area contributed by atoms with Gasteiger partial charge in [-0.25, -0.2) is 8.42 Å². The molecule has 2 aromatic carbocycles. The summed E-state index contributed by atoms with van der Waals surface area (Å²) in [6.45, 7) is 7.46. The lowest BCUT2D eigenvalue weighted by Crippen LogP contribution is -2.42. The van der Waals surface area contributed by atoms with Gasteiger partial charge in [-0.1, -0.05) is 41.4 Å². The van der Waals surface area contributed by atoms with Gasteiger partial charge in [0, 0.05) is 13.1 Å². The SMILES string of the molecule is Cc1cc(C)c(S(=O)(=O)N2CCC(C(=O)OC(C)C(=O)Nc3ccccc3Cl)CC2)c(C)c1. The molecule has 0 radical (unpaired) electrons. The molecule has 1 heterocycles. The summed E-state index contributed by atoms with van der Waals surface area (Å²) in [5, 5.41) is 3.03. The van der Waals surface area contributed by atoms with Gasteiger partial charge in [0.2, 0.25) is 10.0 Å². The number of hydrogen-bond donors (Lipinski definition) is 1. The molecule has 1 N–H and O–H groups in total. The number of anilines is 1. The summed E-state index contributed by atoms with van der Waals surface area (Å²) in [6.07, 6.45) is -0.338.